The van der Waals surface area contributed by atoms with Gasteiger partial charge in [0.05, 0.1) is 58.7 Å². The second kappa shape index (κ2) is 37.4. The molecule has 0 aliphatic rings. The predicted octanol–water partition coefficient (Wildman–Crippen LogP) is 15.0. The maximum absolute atomic E-state index is 13.5. The van der Waals surface area contributed by atoms with Crippen molar-refractivity contribution in [1.82, 2.24) is 59.8 Å². The van der Waals surface area contributed by atoms with Crippen LogP contribution in [0.25, 0.3) is 34.9 Å². The van der Waals surface area contributed by atoms with E-state index in [-0.39, 0.29) is 122 Å². The molecule has 6 aromatic heterocycles. The van der Waals surface area contributed by atoms with Crippen LogP contribution in [0.2, 0.25) is 0 Å². The van der Waals surface area contributed by atoms with Crippen molar-refractivity contribution in [3.63, 3.8) is 0 Å². The van der Waals surface area contributed by atoms with E-state index in [2.05, 4.69) is 69.0 Å². The fourth-order valence-corrected chi connectivity index (χ4v) is 14.7. The Labute approximate surface area is 693 Å². The van der Waals surface area contributed by atoms with Crippen LogP contribution in [0.3, 0.4) is 0 Å². The van der Waals surface area contributed by atoms with Gasteiger partial charge in [0.15, 0.2) is 104 Å². The number of hydrogen-bond acceptors (Lipinski definition) is 27. The van der Waals surface area contributed by atoms with Crippen molar-refractivity contribution < 1.29 is 68.7 Å². The molecule has 30 nitrogen and oxygen atoms in total. The molecule has 0 aliphatic carbocycles. The van der Waals surface area contributed by atoms with Crippen molar-refractivity contribution in [2.45, 2.75) is 143 Å². The number of aryl methyl sites for hydroxylation is 9. The van der Waals surface area contributed by atoms with E-state index < -0.39 is 46.5 Å². The minimum atomic E-state index is -4.10. The Kier molecular flexibility index (Phi) is 27.9. The van der Waals surface area contributed by atoms with Gasteiger partial charge in [-0.05, 0) is 173 Å². The van der Waals surface area contributed by atoms with Gasteiger partial charge >= 0.3 is 0 Å². The van der Waals surface area contributed by atoms with Crippen molar-refractivity contribution in [2.75, 3.05) is 42.1 Å². The number of benzene rings is 6. The molecule has 0 spiro atoms. The minimum absolute atomic E-state index is 0.0110. The number of nitrogens with one attached hydrogen (secondary N) is 3. The van der Waals surface area contributed by atoms with E-state index in [4.69, 9.17) is 33.4 Å². The second-order valence-corrected chi connectivity index (χ2v) is 35.3. The van der Waals surface area contributed by atoms with Gasteiger partial charge in [-0.1, -0.05) is 117 Å². The highest BCUT2D eigenvalue weighted by Crippen LogP contribution is 2.44. The third-order valence-corrected chi connectivity index (χ3v) is 21.6. The van der Waals surface area contributed by atoms with Gasteiger partial charge in [-0.2, -0.15) is 0 Å². The predicted molar refractivity (Wildman–Crippen MR) is 451 cm³/mol. The summed E-state index contributed by atoms with van der Waals surface area (Å²) in [5, 5.41) is 20.8. The van der Waals surface area contributed by atoms with Gasteiger partial charge in [0.1, 0.15) is 6.29 Å². The van der Waals surface area contributed by atoms with Gasteiger partial charge in [-0.25, -0.2) is 85.1 Å². The number of aliphatic hydroxyl groups excluding tert-OH is 1. The summed E-state index contributed by atoms with van der Waals surface area (Å²) in [5.41, 5.74) is 5.13. The monoisotopic (exact) mass is 1670 g/mol. The largest absolute Gasteiger partial charge is 0.493 e. The van der Waals surface area contributed by atoms with Crippen LogP contribution in [0.1, 0.15) is 109 Å². The first kappa shape index (κ1) is 88.8. The van der Waals surface area contributed by atoms with E-state index >= 15 is 0 Å². The summed E-state index contributed by atoms with van der Waals surface area (Å²) in [6.45, 7) is 26.8. The lowest BCUT2D eigenvalue weighted by molar-refractivity contribution is -0.114. The quantitative estimate of drug-likeness (QED) is 0.0272. The van der Waals surface area contributed by atoms with Crippen LogP contribution in [0.5, 0.6) is 51.7 Å². The summed E-state index contributed by atoms with van der Waals surface area (Å²) >= 11 is 0. The Bertz CT molecular complexity index is 5980. The molecule has 119 heavy (non-hydrogen) atoms. The second-order valence-electron chi connectivity index (χ2n) is 30.2. The molecule has 0 unspecified atom stereocenters. The van der Waals surface area contributed by atoms with Gasteiger partial charge < -0.3 is 43.4 Å². The fourth-order valence-electron chi connectivity index (χ4n) is 11.7. The van der Waals surface area contributed by atoms with Gasteiger partial charge in [0.2, 0.25) is 0 Å². The van der Waals surface area contributed by atoms with Crippen molar-refractivity contribution in [2.24, 2.45) is 10.8 Å². The summed E-state index contributed by atoms with van der Waals surface area (Å²) in [5.74, 6) is 2.93. The maximum atomic E-state index is 13.5. The average Bonchev–Trinajstić information content (AvgIpc) is 0.783. The van der Waals surface area contributed by atoms with E-state index in [0.717, 1.165) is 23.0 Å². The topological polar surface area (TPSA) is 406 Å². The van der Waals surface area contributed by atoms with Crippen LogP contribution in [-0.2, 0) is 54.1 Å². The standard InChI is InChI=1S/C29H33N5O5S.C29H31N5O5S.C28H31N5O5S/c2*1-18-11-13-21(14-12-18)40(36,37)34-26-25(39-24-10-8-7-9-23(24)38-6)22(16-29(4,5)17-35)32-28(33-26)27-30-19(2)15-20(3)31-27;1-17-11-13-20(14-12-17)39(35,36)33-25-24(38-23-10-8-7-9-22(23)37-6)21(16-28(4,5)34)31-27(32-25)26-29-18(2)15-19(3)30-26/h7-15,35H,16-17H2,1-6H3,(H,32,33,34);7-15,17H,16H2,1-6H3,(H,32,33,34);7-15,34H,16H2,1-6H3,(H,31,32,33). The zero-order valence-corrected chi connectivity index (χ0v) is 71.7. The minimum Gasteiger partial charge on any atom is -0.493 e. The SMILES string of the molecule is COc1ccccc1Oc1c(CC(C)(C)C=O)nc(-c2nc(C)cc(C)n2)nc1NS(=O)(=O)c1ccc(C)cc1.COc1ccccc1Oc1c(CC(C)(C)CO)nc(-c2nc(C)cc(C)n2)nc1NS(=O)(=O)c1ccc(C)cc1.COc1ccccc1Oc1c(CC(C)(C)O)nc(-c2nc(C)cc(C)n2)nc1NS(=O)(=O)c1ccc(C)cc1. The van der Waals surface area contributed by atoms with E-state index in [0.29, 0.717) is 74.4 Å². The Morgan fingerprint density at radius 2 is 0.588 bits per heavy atom. The summed E-state index contributed by atoms with van der Waals surface area (Å²) in [7, 11) is -7.77. The van der Waals surface area contributed by atoms with Crippen LogP contribution in [-0.4, -0.2) is 135 Å². The van der Waals surface area contributed by atoms with E-state index in [1.54, 1.807) is 149 Å². The molecule has 0 radical (unpaired) electrons. The first-order valence-electron chi connectivity index (χ1n) is 37.4. The fraction of sp³-hybridized carbons (Fsp3) is 0.291. The molecule has 0 amide bonds. The number of carbonyl (C=O) groups is 1. The highest BCUT2D eigenvalue weighted by molar-refractivity contribution is 7.93. The molecular formula is C86H95N15O15S3. The van der Waals surface area contributed by atoms with E-state index in [9.17, 15) is 40.3 Å². The molecule has 0 bridgehead atoms. The molecule has 12 aromatic rings. The summed E-state index contributed by atoms with van der Waals surface area (Å²) < 4.78 is 124. The maximum Gasteiger partial charge on any atom is 0.263 e. The number of sulfonamides is 3. The van der Waals surface area contributed by atoms with Crippen LogP contribution in [0.15, 0.2) is 178 Å². The van der Waals surface area contributed by atoms with Crippen molar-refractivity contribution in [3.8, 4) is 86.7 Å². The number of ether oxygens (including phenoxy) is 6. The number of aromatic nitrogens is 12. The van der Waals surface area contributed by atoms with E-state index in [1.165, 1.54) is 57.7 Å². The molecule has 0 fully saturated rings. The number of nitrogens with zero attached hydrogens (tertiary/aromatic N) is 12. The summed E-state index contributed by atoms with van der Waals surface area (Å²) in [6, 6.07) is 45.5. The molecule has 0 saturated heterocycles. The number of para-hydroxylation sites is 6. The highest BCUT2D eigenvalue weighted by atomic mass is 32.2. The van der Waals surface area contributed by atoms with Crippen LogP contribution >= 0.6 is 0 Å². The van der Waals surface area contributed by atoms with Crippen molar-refractivity contribution >= 4 is 53.8 Å². The lowest BCUT2D eigenvalue weighted by Crippen LogP contribution is -2.24. The number of carbonyl (C=O) groups excluding carboxylic acids is 1. The number of aliphatic hydroxyl groups is 2. The Hall–Kier alpha value is -12.6. The number of anilines is 3. The lowest BCUT2D eigenvalue weighted by atomic mass is 9.88. The Balaban J connectivity index is 0.000000188. The molecule has 0 saturated carbocycles. The molecule has 622 valence electrons. The zero-order valence-electron chi connectivity index (χ0n) is 69.3. The number of aldehydes is 1. The molecule has 12 rings (SSSR count). The highest BCUT2D eigenvalue weighted by Gasteiger charge is 2.33. The number of rotatable bonds is 29. The first-order chi connectivity index (χ1) is 56.1. The molecule has 6 aromatic carbocycles. The molecule has 6 heterocycles. The molecular weight excluding hydrogens is 1580 g/mol. The molecule has 5 N–H and O–H groups in total. The van der Waals surface area contributed by atoms with Gasteiger partial charge in [-0.3, -0.25) is 14.2 Å². The average molecular weight is 1670 g/mol. The van der Waals surface area contributed by atoms with Crippen LogP contribution < -0.4 is 42.6 Å². The summed E-state index contributed by atoms with van der Waals surface area (Å²) in [6.07, 6.45) is 1.16. The number of hydrogen-bond donors (Lipinski definition) is 5. The lowest BCUT2D eigenvalue weighted by Gasteiger charge is -2.24. The normalized spacial score (nSPS) is 11.7. The van der Waals surface area contributed by atoms with Gasteiger partial charge in [0.25, 0.3) is 30.1 Å². The van der Waals surface area contributed by atoms with Crippen molar-refractivity contribution in [3.05, 3.63) is 232 Å². The molecule has 0 atom stereocenters. The first-order valence-corrected chi connectivity index (χ1v) is 41.8. The Morgan fingerprint density at radius 1 is 0.345 bits per heavy atom. The molecule has 33 heteroatoms. The number of methoxy groups -OCH3 is 3. The zero-order chi connectivity index (χ0) is 86.5. The van der Waals surface area contributed by atoms with Crippen LogP contribution in [0, 0.1) is 73.1 Å². The van der Waals surface area contributed by atoms with Crippen LogP contribution in [0.4, 0.5) is 17.5 Å². The molecule has 0 aliphatic heterocycles. The summed E-state index contributed by atoms with van der Waals surface area (Å²) in [4.78, 5) is 66.6. The third kappa shape index (κ3) is 23.6. The van der Waals surface area contributed by atoms with Gasteiger partial charge in [-0.15, -0.1) is 0 Å². The van der Waals surface area contributed by atoms with Gasteiger partial charge in [0, 0.05) is 65.4 Å². The smallest absolute Gasteiger partial charge is 0.263 e. The third-order valence-electron chi connectivity index (χ3n) is 17.5. The Morgan fingerprint density at radius 3 is 0.832 bits per heavy atom. The van der Waals surface area contributed by atoms with Crippen molar-refractivity contribution in [1.29, 1.82) is 0 Å². The van der Waals surface area contributed by atoms with E-state index in [1.807, 2.05) is 82.2 Å².